The van der Waals surface area contributed by atoms with Crippen LogP contribution in [0.15, 0.2) is 23.1 Å². The molecule has 2 rings (SSSR count). The van der Waals surface area contributed by atoms with E-state index in [-0.39, 0.29) is 10.5 Å². The Morgan fingerprint density at radius 3 is 2.67 bits per heavy atom. The van der Waals surface area contributed by atoms with Crippen LogP contribution in [0.25, 0.3) is 0 Å². The summed E-state index contributed by atoms with van der Waals surface area (Å²) in [6.07, 6.45) is 0.766. The van der Waals surface area contributed by atoms with Crippen LogP contribution in [0.2, 0.25) is 0 Å². The van der Waals surface area contributed by atoms with Gasteiger partial charge in [-0.3, -0.25) is 0 Å². The van der Waals surface area contributed by atoms with Crippen molar-refractivity contribution in [2.45, 2.75) is 44.6 Å². The van der Waals surface area contributed by atoms with Crippen molar-refractivity contribution in [2.24, 2.45) is 0 Å². The number of likely N-dealkylation sites (N-methyl/N-ethyl adjacent to an activating group) is 1. The molecule has 1 heterocycles. The fourth-order valence-electron chi connectivity index (χ4n) is 2.47. The molecule has 0 bridgehead atoms. The summed E-state index contributed by atoms with van der Waals surface area (Å²) in [4.78, 5) is 2.44. The molecule has 1 N–H and O–H groups in total. The lowest BCUT2D eigenvalue weighted by Gasteiger charge is -2.40. The first-order valence-corrected chi connectivity index (χ1v) is 8.85. The van der Waals surface area contributed by atoms with E-state index < -0.39 is 10.0 Å². The number of nitrogens with one attached hydrogen (secondary N) is 1. The van der Waals surface area contributed by atoms with Gasteiger partial charge in [0.15, 0.2) is 0 Å². The maximum atomic E-state index is 12.2. The molecule has 0 unspecified atom stereocenters. The normalized spacial score (nSPS) is 17.2. The van der Waals surface area contributed by atoms with Crippen molar-refractivity contribution in [3.63, 3.8) is 0 Å². The topological polar surface area (TPSA) is 58.6 Å². The zero-order valence-electron chi connectivity index (χ0n) is 13.1. The van der Waals surface area contributed by atoms with Crippen molar-refractivity contribution >= 4 is 15.7 Å². The quantitative estimate of drug-likeness (QED) is 0.907. The highest BCUT2D eigenvalue weighted by Gasteiger charge is 2.31. The van der Waals surface area contributed by atoms with Gasteiger partial charge in [0.25, 0.3) is 0 Å². The molecule has 0 atom stereocenters. The Balaban J connectivity index is 2.39. The molecule has 1 aliphatic rings. The molecule has 5 nitrogen and oxygen atoms in total. The average Bonchev–Trinajstić information content (AvgIpc) is 2.42. The van der Waals surface area contributed by atoms with Crippen LogP contribution >= 0.6 is 0 Å². The van der Waals surface area contributed by atoms with Gasteiger partial charge in [0.05, 0.1) is 17.1 Å². The lowest BCUT2D eigenvalue weighted by Crippen LogP contribution is -2.46. The maximum Gasteiger partial charge on any atom is 0.240 e. The third-order valence-electron chi connectivity index (χ3n) is 3.46. The molecule has 1 aromatic rings. The third kappa shape index (κ3) is 3.49. The molecule has 0 spiro atoms. The van der Waals surface area contributed by atoms with Crippen LogP contribution in [0.3, 0.4) is 0 Å². The summed E-state index contributed by atoms with van der Waals surface area (Å²) in [5.74, 6) is 0.738. The average molecular weight is 312 g/mol. The molecule has 118 valence electrons. The van der Waals surface area contributed by atoms with E-state index in [1.165, 1.54) is 0 Å². The summed E-state index contributed by atoms with van der Waals surface area (Å²) in [7, 11) is -3.45. The van der Waals surface area contributed by atoms with Crippen LogP contribution in [0, 0.1) is 0 Å². The van der Waals surface area contributed by atoms with Gasteiger partial charge in [-0.25, -0.2) is 13.1 Å². The number of fused-ring (bicyclic) bond motifs is 1. The first-order chi connectivity index (χ1) is 9.79. The van der Waals surface area contributed by atoms with Gasteiger partial charge in [0, 0.05) is 13.1 Å². The Kier molecular flexibility index (Phi) is 4.49. The molecule has 1 aliphatic heterocycles. The van der Waals surface area contributed by atoms with E-state index in [2.05, 4.69) is 16.5 Å². The molecule has 0 radical (unpaired) electrons. The van der Waals surface area contributed by atoms with Crippen LogP contribution in [0.4, 0.5) is 5.69 Å². The minimum Gasteiger partial charge on any atom is -0.484 e. The number of anilines is 1. The second kappa shape index (κ2) is 5.85. The number of hydrogen-bond donors (Lipinski definition) is 1. The Bertz CT molecular complexity index is 611. The van der Waals surface area contributed by atoms with E-state index in [4.69, 9.17) is 4.74 Å². The first kappa shape index (κ1) is 16.1. The summed E-state index contributed by atoms with van der Waals surface area (Å²) < 4.78 is 33.0. The van der Waals surface area contributed by atoms with Crippen molar-refractivity contribution in [3.8, 4) is 5.75 Å². The van der Waals surface area contributed by atoms with Crippen molar-refractivity contribution in [3.05, 3.63) is 18.2 Å². The van der Waals surface area contributed by atoms with Crippen LogP contribution < -0.4 is 14.4 Å². The van der Waals surface area contributed by atoms with E-state index in [0.29, 0.717) is 6.54 Å². The fourth-order valence-corrected chi connectivity index (χ4v) is 3.63. The molecule has 0 saturated heterocycles. The van der Waals surface area contributed by atoms with Crippen LogP contribution in [0.1, 0.15) is 34.1 Å². The minimum absolute atomic E-state index is 0.274. The number of hydrogen-bond acceptors (Lipinski definition) is 4. The highest BCUT2D eigenvalue weighted by molar-refractivity contribution is 7.89. The van der Waals surface area contributed by atoms with Gasteiger partial charge < -0.3 is 9.64 Å². The predicted molar refractivity (Wildman–Crippen MR) is 84.5 cm³/mol. The molecule has 0 aromatic heterocycles. The number of ether oxygens (including phenoxy) is 1. The number of benzene rings is 1. The summed E-state index contributed by atoms with van der Waals surface area (Å²) in [5.41, 5.74) is 0.570. The molecule has 0 saturated carbocycles. The monoisotopic (exact) mass is 312 g/mol. The van der Waals surface area contributed by atoms with Gasteiger partial charge in [-0.1, -0.05) is 6.92 Å². The van der Waals surface area contributed by atoms with Gasteiger partial charge in [-0.05, 0) is 45.4 Å². The Hall–Kier alpha value is -1.27. The Morgan fingerprint density at radius 2 is 2.05 bits per heavy atom. The van der Waals surface area contributed by atoms with Gasteiger partial charge in [0.2, 0.25) is 10.0 Å². The summed E-state index contributed by atoms with van der Waals surface area (Å²) in [6, 6.07) is 5.05. The third-order valence-corrected chi connectivity index (χ3v) is 4.92. The zero-order valence-corrected chi connectivity index (χ0v) is 14.0. The lowest BCUT2D eigenvalue weighted by atomic mass is 10.1. The van der Waals surface area contributed by atoms with Crippen molar-refractivity contribution in [1.29, 1.82) is 0 Å². The predicted octanol–water partition coefficient (Wildman–Crippen LogP) is 2.37. The highest BCUT2D eigenvalue weighted by Crippen LogP contribution is 2.38. The smallest absolute Gasteiger partial charge is 0.240 e. The van der Waals surface area contributed by atoms with Crippen molar-refractivity contribution in [2.75, 3.05) is 24.5 Å². The van der Waals surface area contributed by atoms with Crippen LogP contribution in [0.5, 0.6) is 5.75 Å². The van der Waals surface area contributed by atoms with E-state index in [1.807, 2.05) is 20.8 Å². The Morgan fingerprint density at radius 1 is 1.33 bits per heavy atom. The van der Waals surface area contributed by atoms with Gasteiger partial charge >= 0.3 is 0 Å². The second-order valence-electron chi connectivity index (χ2n) is 5.90. The zero-order chi connectivity index (χ0) is 15.7. The van der Waals surface area contributed by atoms with Crippen molar-refractivity contribution < 1.29 is 13.2 Å². The van der Waals surface area contributed by atoms with Gasteiger partial charge in [-0.15, -0.1) is 0 Å². The lowest BCUT2D eigenvalue weighted by molar-refractivity contribution is 0.105. The summed E-state index contributed by atoms with van der Waals surface area (Å²) in [6.45, 7) is 10.1. The number of rotatable bonds is 5. The molecule has 21 heavy (non-hydrogen) atoms. The molecule has 1 aromatic carbocycles. The maximum absolute atomic E-state index is 12.2. The van der Waals surface area contributed by atoms with E-state index in [0.717, 1.165) is 30.9 Å². The highest BCUT2D eigenvalue weighted by atomic mass is 32.2. The Labute approximate surface area is 127 Å². The van der Waals surface area contributed by atoms with Crippen LogP contribution in [-0.4, -0.2) is 33.7 Å². The molecular formula is C15H24N2O3S. The molecule has 0 aliphatic carbocycles. The molecule has 0 fully saturated rings. The number of sulfonamides is 1. The van der Waals surface area contributed by atoms with Crippen molar-refractivity contribution in [1.82, 2.24) is 4.72 Å². The van der Waals surface area contributed by atoms with Gasteiger partial charge in [0.1, 0.15) is 11.4 Å². The van der Waals surface area contributed by atoms with Gasteiger partial charge in [-0.2, -0.15) is 0 Å². The SMILES string of the molecule is CCCNS(=O)(=O)c1ccc2c(c1)N(CC)CC(C)(C)O2. The largest absolute Gasteiger partial charge is 0.484 e. The number of nitrogens with zero attached hydrogens (tertiary/aromatic N) is 1. The van der Waals surface area contributed by atoms with E-state index in [1.54, 1.807) is 18.2 Å². The summed E-state index contributed by atoms with van der Waals surface area (Å²) >= 11 is 0. The van der Waals surface area contributed by atoms with Crippen LogP contribution in [-0.2, 0) is 10.0 Å². The summed E-state index contributed by atoms with van der Waals surface area (Å²) in [5, 5.41) is 0. The standard InChI is InChI=1S/C15H24N2O3S/c1-5-9-16-21(18,19)12-7-8-14-13(10-12)17(6-2)11-15(3,4)20-14/h7-8,10,16H,5-6,9,11H2,1-4H3. The van der Waals surface area contributed by atoms with E-state index >= 15 is 0 Å². The molecule has 6 heteroatoms. The van der Waals surface area contributed by atoms with E-state index in [9.17, 15) is 8.42 Å². The minimum atomic E-state index is -3.45. The first-order valence-electron chi connectivity index (χ1n) is 7.37. The second-order valence-corrected chi connectivity index (χ2v) is 7.67. The molecule has 0 amide bonds. The molecular weight excluding hydrogens is 288 g/mol. The fraction of sp³-hybridized carbons (Fsp3) is 0.600.